The maximum atomic E-state index is 12.2. The van der Waals surface area contributed by atoms with Crippen LogP contribution in [-0.2, 0) is 4.79 Å². The molecule has 2 saturated carbocycles. The molecule has 2 unspecified atom stereocenters. The lowest BCUT2D eigenvalue weighted by atomic mass is 9.83. The smallest absolute Gasteiger partial charge is 0.224 e. The number of carbonyl (C=O) groups excluding carboxylic acids is 1. The molecule has 0 spiro atoms. The number of nitrogens with one attached hydrogen (secondary N) is 1. The van der Waals surface area contributed by atoms with Crippen LogP contribution in [0.4, 0.5) is 5.69 Å². The Balaban J connectivity index is 1.48. The summed E-state index contributed by atoms with van der Waals surface area (Å²) in [7, 11) is 0. The average molecular weight is 316 g/mol. The lowest BCUT2D eigenvalue weighted by Gasteiger charge is -2.27. The standard InChI is InChI=1S/C19H28N2O2/c20-18-8-4-1-5-14(18)13-19(22)21-15-9-11-17(12-10-15)23-16-6-2-3-7-16/h9-12,14,16,18H,1-8,13,20H2,(H,21,22). The number of hydrogen-bond acceptors (Lipinski definition) is 3. The molecule has 1 aromatic carbocycles. The van der Waals surface area contributed by atoms with Crippen LogP contribution in [0.15, 0.2) is 24.3 Å². The first-order valence-electron chi connectivity index (χ1n) is 9.03. The second-order valence-electron chi connectivity index (χ2n) is 7.01. The highest BCUT2D eigenvalue weighted by Crippen LogP contribution is 2.27. The van der Waals surface area contributed by atoms with Crippen molar-refractivity contribution in [1.29, 1.82) is 0 Å². The van der Waals surface area contributed by atoms with Crippen LogP contribution in [0, 0.1) is 5.92 Å². The van der Waals surface area contributed by atoms with E-state index in [0.717, 1.165) is 37.1 Å². The van der Waals surface area contributed by atoms with Crippen LogP contribution < -0.4 is 15.8 Å². The first-order chi connectivity index (χ1) is 11.2. The first kappa shape index (κ1) is 16.3. The number of rotatable bonds is 5. The van der Waals surface area contributed by atoms with E-state index in [0.29, 0.717) is 18.4 Å². The van der Waals surface area contributed by atoms with E-state index >= 15 is 0 Å². The van der Waals surface area contributed by atoms with Gasteiger partial charge in [-0.1, -0.05) is 12.8 Å². The van der Waals surface area contributed by atoms with E-state index in [-0.39, 0.29) is 11.9 Å². The van der Waals surface area contributed by atoms with E-state index in [1.165, 1.54) is 25.7 Å². The number of ether oxygens (including phenoxy) is 1. The maximum absolute atomic E-state index is 12.2. The van der Waals surface area contributed by atoms with Crippen molar-refractivity contribution in [3.05, 3.63) is 24.3 Å². The predicted molar refractivity (Wildman–Crippen MR) is 92.5 cm³/mol. The Labute approximate surface area is 138 Å². The van der Waals surface area contributed by atoms with Crippen LogP contribution >= 0.6 is 0 Å². The van der Waals surface area contributed by atoms with Crippen LogP contribution in [-0.4, -0.2) is 18.1 Å². The molecule has 0 heterocycles. The largest absolute Gasteiger partial charge is 0.490 e. The molecule has 4 nitrogen and oxygen atoms in total. The Morgan fingerprint density at radius 3 is 2.39 bits per heavy atom. The third-order valence-corrected chi connectivity index (χ3v) is 5.16. The van der Waals surface area contributed by atoms with Crippen molar-refractivity contribution in [3.63, 3.8) is 0 Å². The van der Waals surface area contributed by atoms with Gasteiger partial charge in [0.05, 0.1) is 6.10 Å². The highest BCUT2D eigenvalue weighted by Gasteiger charge is 2.24. The molecule has 0 aromatic heterocycles. The molecule has 3 rings (SSSR count). The highest BCUT2D eigenvalue weighted by molar-refractivity contribution is 5.90. The van der Waals surface area contributed by atoms with Crippen molar-refractivity contribution >= 4 is 11.6 Å². The SMILES string of the molecule is NC1CCCCC1CC(=O)Nc1ccc(OC2CCCC2)cc1. The zero-order valence-corrected chi connectivity index (χ0v) is 13.8. The Kier molecular flexibility index (Phi) is 5.55. The summed E-state index contributed by atoms with van der Waals surface area (Å²) in [6.07, 6.45) is 10.2. The quantitative estimate of drug-likeness (QED) is 0.867. The normalized spacial score (nSPS) is 25.3. The van der Waals surface area contributed by atoms with Crippen molar-refractivity contribution in [3.8, 4) is 5.75 Å². The average Bonchev–Trinajstić information content (AvgIpc) is 3.04. The zero-order chi connectivity index (χ0) is 16.1. The molecular formula is C19H28N2O2. The number of benzene rings is 1. The zero-order valence-electron chi connectivity index (χ0n) is 13.8. The minimum atomic E-state index is 0.0665. The molecule has 3 N–H and O–H groups in total. The van der Waals surface area contributed by atoms with Gasteiger partial charge < -0.3 is 15.8 Å². The first-order valence-corrected chi connectivity index (χ1v) is 9.03. The molecule has 1 amide bonds. The summed E-state index contributed by atoms with van der Waals surface area (Å²) in [4.78, 5) is 12.2. The topological polar surface area (TPSA) is 64.4 Å². The summed E-state index contributed by atoms with van der Waals surface area (Å²) >= 11 is 0. The minimum Gasteiger partial charge on any atom is -0.490 e. The van der Waals surface area contributed by atoms with Gasteiger partial charge in [0.25, 0.3) is 0 Å². The lowest BCUT2D eigenvalue weighted by Crippen LogP contribution is -2.35. The van der Waals surface area contributed by atoms with E-state index < -0.39 is 0 Å². The Morgan fingerprint density at radius 2 is 1.70 bits per heavy atom. The van der Waals surface area contributed by atoms with Crippen molar-refractivity contribution in [2.75, 3.05) is 5.32 Å². The van der Waals surface area contributed by atoms with Gasteiger partial charge >= 0.3 is 0 Å². The van der Waals surface area contributed by atoms with E-state index in [1.807, 2.05) is 24.3 Å². The van der Waals surface area contributed by atoms with E-state index in [9.17, 15) is 4.79 Å². The number of nitrogens with two attached hydrogens (primary N) is 1. The highest BCUT2D eigenvalue weighted by atomic mass is 16.5. The Morgan fingerprint density at radius 1 is 1.04 bits per heavy atom. The molecule has 23 heavy (non-hydrogen) atoms. The van der Waals surface area contributed by atoms with Gasteiger partial charge in [0.2, 0.25) is 5.91 Å². The van der Waals surface area contributed by atoms with Gasteiger partial charge in [-0.3, -0.25) is 4.79 Å². The van der Waals surface area contributed by atoms with E-state index in [2.05, 4.69) is 5.32 Å². The van der Waals surface area contributed by atoms with Gasteiger partial charge in [-0.15, -0.1) is 0 Å². The second kappa shape index (κ2) is 7.82. The molecule has 4 heteroatoms. The molecule has 2 fully saturated rings. The van der Waals surface area contributed by atoms with Gasteiger partial charge in [0.15, 0.2) is 0 Å². The van der Waals surface area contributed by atoms with Gasteiger partial charge in [-0.2, -0.15) is 0 Å². The van der Waals surface area contributed by atoms with E-state index in [1.54, 1.807) is 0 Å². The molecule has 1 aromatic rings. The molecule has 0 aliphatic heterocycles. The van der Waals surface area contributed by atoms with Crippen LogP contribution in [0.5, 0.6) is 5.75 Å². The summed E-state index contributed by atoms with van der Waals surface area (Å²) in [5.41, 5.74) is 6.95. The molecule has 2 aliphatic carbocycles. The number of amides is 1. The molecule has 126 valence electrons. The number of hydrogen-bond donors (Lipinski definition) is 2. The minimum absolute atomic E-state index is 0.0665. The molecule has 0 bridgehead atoms. The maximum Gasteiger partial charge on any atom is 0.224 e. The molecule has 0 radical (unpaired) electrons. The third kappa shape index (κ3) is 4.71. The van der Waals surface area contributed by atoms with Gasteiger partial charge in [-0.25, -0.2) is 0 Å². The van der Waals surface area contributed by atoms with Crippen molar-refractivity contribution in [2.24, 2.45) is 11.7 Å². The van der Waals surface area contributed by atoms with Crippen molar-refractivity contribution in [1.82, 2.24) is 0 Å². The van der Waals surface area contributed by atoms with Crippen LogP contribution in [0.2, 0.25) is 0 Å². The predicted octanol–water partition coefficient (Wildman–Crippen LogP) is 3.85. The van der Waals surface area contributed by atoms with Crippen LogP contribution in [0.25, 0.3) is 0 Å². The van der Waals surface area contributed by atoms with Gasteiger partial charge in [0.1, 0.15) is 5.75 Å². The van der Waals surface area contributed by atoms with Crippen molar-refractivity contribution in [2.45, 2.75) is 69.9 Å². The lowest BCUT2D eigenvalue weighted by molar-refractivity contribution is -0.117. The molecule has 2 aliphatic rings. The van der Waals surface area contributed by atoms with Gasteiger partial charge in [0, 0.05) is 18.2 Å². The molecule has 0 saturated heterocycles. The molecule has 2 atom stereocenters. The summed E-state index contributed by atoms with van der Waals surface area (Å²) in [6, 6.07) is 7.91. The van der Waals surface area contributed by atoms with Crippen LogP contribution in [0.3, 0.4) is 0 Å². The fraction of sp³-hybridized carbons (Fsp3) is 0.632. The number of carbonyl (C=O) groups is 1. The number of anilines is 1. The Bertz CT molecular complexity index is 509. The fourth-order valence-corrected chi connectivity index (χ4v) is 3.76. The summed E-state index contributed by atoms with van der Waals surface area (Å²) in [5.74, 6) is 1.29. The van der Waals surface area contributed by atoms with Crippen molar-refractivity contribution < 1.29 is 9.53 Å². The van der Waals surface area contributed by atoms with Crippen LogP contribution in [0.1, 0.15) is 57.8 Å². The fourth-order valence-electron chi connectivity index (χ4n) is 3.76. The molecular weight excluding hydrogens is 288 g/mol. The summed E-state index contributed by atoms with van der Waals surface area (Å²) in [6.45, 7) is 0. The second-order valence-corrected chi connectivity index (χ2v) is 7.01. The summed E-state index contributed by atoms with van der Waals surface area (Å²) in [5, 5.41) is 2.98. The van der Waals surface area contributed by atoms with Gasteiger partial charge in [-0.05, 0) is 68.7 Å². The monoisotopic (exact) mass is 316 g/mol. The Hall–Kier alpha value is -1.55. The summed E-state index contributed by atoms with van der Waals surface area (Å²) < 4.78 is 5.94. The third-order valence-electron chi connectivity index (χ3n) is 5.16. The van der Waals surface area contributed by atoms with E-state index in [4.69, 9.17) is 10.5 Å².